The van der Waals surface area contributed by atoms with E-state index in [2.05, 4.69) is 20.3 Å². The van der Waals surface area contributed by atoms with E-state index in [0.29, 0.717) is 68.0 Å². The van der Waals surface area contributed by atoms with Crippen LogP contribution in [-0.4, -0.2) is 93.7 Å². The number of hydrogen-bond acceptors (Lipinski definition) is 6. The fraction of sp³-hybridized carbons (Fsp3) is 0.481. The number of alkyl halides is 6. The van der Waals surface area contributed by atoms with Crippen molar-refractivity contribution in [1.29, 1.82) is 0 Å². The number of piperidine rings is 1. The van der Waals surface area contributed by atoms with Gasteiger partial charge in [-0.25, -0.2) is 0 Å². The Bertz CT molecular complexity index is 1370. The van der Waals surface area contributed by atoms with Gasteiger partial charge < -0.3 is 4.90 Å². The van der Waals surface area contributed by atoms with E-state index in [0.717, 1.165) is 12.8 Å². The number of carbonyl (C=O) groups is 2. The van der Waals surface area contributed by atoms with Crippen LogP contribution in [0.2, 0.25) is 0 Å². The molecule has 2 aliphatic rings. The minimum Gasteiger partial charge on any atom is -0.339 e. The first-order valence-corrected chi connectivity index (χ1v) is 13.2. The van der Waals surface area contributed by atoms with Gasteiger partial charge in [0.1, 0.15) is 11.0 Å². The number of piperazine rings is 1. The number of ketones is 1. The summed E-state index contributed by atoms with van der Waals surface area (Å²) in [6.07, 6.45) is -8.82. The first-order valence-electron chi connectivity index (χ1n) is 13.2. The average Bonchev–Trinajstić information content (AvgIpc) is 3.40. The lowest BCUT2D eigenvalue weighted by Gasteiger charge is -2.42. The van der Waals surface area contributed by atoms with Crippen molar-refractivity contribution in [1.82, 2.24) is 30.1 Å². The van der Waals surface area contributed by atoms with Crippen molar-refractivity contribution in [3.8, 4) is 0 Å². The lowest BCUT2D eigenvalue weighted by Crippen LogP contribution is -2.54. The summed E-state index contributed by atoms with van der Waals surface area (Å²) in [5, 5.41) is 10.6. The van der Waals surface area contributed by atoms with Crippen molar-refractivity contribution in [2.45, 2.75) is 37.7 Å². The molecule has 0 spiro atoms. The zero-order valence-electron chi connectivity index (χ0n) is 21.9. The van der Waals surface area contributed by atoms with E-state index in [-0.39, 0.29) is 30.1 Å². The van der Waals surface area contributed by atoms with E-state index in [1.165, 1.54) is 0 Å². The van der Waals surface area contributed by atoms with Crippen LogP contribution in [0, 0.1) is 0 Å². The van der Waals surface area contributed by atoms with E-state index in [4.69, 9.17) is 0 Å². The normalized spacial score (nSPS) is 18.2. The van der Waals surface area contributed by atoms with Crippen molar-refractivity contribution in [2.24, 2.45) is 0 Å². The molecule has 2 aliphatic heterocycles. The van der Waals surface area contributed by atoms with Crippen LogP contribution in [0.1, 0.15) is 39.9 Å². The van der Waals surface area contributed by atoms with Crippen LogP contribution in [0.15, 0.2) is 36.4 Å². The minimum atomic E-state index is -4.95. The Morgan fingerprint density at radius 1 is 0.805 bits per heavy atom. The molecule has 2 saturated heterocycles. The number of aromatic nitrogens is 3. The van der Waals surface area contributed by atoms with Gasteiger partial charge in [-0.1, -0.05) is 0 Å². The number of Topliss-reactive ketones (excluding diaryl/α,β-unsaturated/α-hetero) is 1. The molecule has 14 heteroatoms. The average molecular weight is 583 g/mol. The highest BCUT2D eigenvalue weighted by Gasteiger charge is 2.37. The Kier molecular flexibility index (Phi) is 8.06. The first kappa shape index (κ1) is 29.0. The van der Waals surface area contributed by atoms with Crippen LogP contribution in [0.3, 0.4) is 0 Å². The number of H-pyrrole nitrogens is 1. The van der Waals surface area contributed by atoms with Crippen LogP contribution in [-0.2, 0) is 23.6 Å². The van der Waals surface area contributed by atoms with Gasteiger partial charge in [0.25, 0.3) is 5.91 Å². The Morgan fingerprint density at radius 2 is 1.41 bits per heavy atom. The van der Waals surface area contributed by atoms with Crippen LogP contribution >= 0.6 is 0 Å². The van der Waals surface area contributed by atoms with E-state index in [1.54, 1.807) is 18.2 Å². The number of benzene rings is 2. The molecule has 1 aromatic heterocycles. The highest BCUT2D eigenvalue weighted by atomic mass is 19.4. The van der Waals surface area contributed by atoms with Gasteiger partial charge in [-0.3, -0.25) is 19.4 Å². The molecule has 220 valence electrons. The first-order chi connectivity index (χ1) is 19.4. The number of rotatable bonds is 6. The molecule has 2 aromatic carbocycles. The van der Waals surface area contributed by atoms with Gasteiger partial charge in [0, 0.05) is 57.3 Å². The molecule has 0 aliphatic carbocycles. The standard InChI is InChI=1S/C27H28F6N6O2/c28-26(29,30)19-11-17(12-20(15-19)27(31,32)33)13-22(40)16-37-7-9-38(10-8-37)21-3-5-39(6-4-21)25(41)18-1-2-23-24(14-18)35-36-34-23/h1-2,11-12,14-15,21H,3-10,13,16H2,(H,34,35,36). The van der Waals surface area contributed by atoms with Gasteiger partial charge in [-0.2, -0.15) is 41.8 Å². The number of halogens is 6. The number of carbonyl (C=O) groups excluding carboxylic acids is 2. The molecule has 3 heterocycles. The number of likely N-dealkylation sites (tertiary alicyclic amines) is 1. The predicted octanol–water partition coefficient (Wildman–Crippen LogP) is 4.03. The molecule has 0 unspecified atom stereocenters. The quantitative estimate of drug-likeness (QED) is 0.442. The molecule has 1 amide bonds. The van der Waals surface area contributed by atoms with Crippen molar-refractivity contribution in [3.63, 3.8) is 0 Å². The zero-order chi connectivity index (χ0) is 29.4. The Morgan fingerprint density at radius 3 is 2.02 bits per heavy atom. The molecule has 0 atom stereocenters. The molecule has 0 radical (unpaired) electrons. The van der Waals surface area contributed by atoms with Gasteiger partial charge in [0.2, 0.25) is 0 Å². The summed E-state index contributed by atoms with van der Waals surface area (Å²) < 4.78 is 78.8. The maximum Gasteiger partial charge on any atom is 0.416 e. The van der Waals surface area contributed by atoms with Crippen LogP contribution < -0.4 is 0 Å². The molecule has 0 bridgehead atoms. The number of fused-ring (bicyclic) bond motifs is 1. The van der Waals surface area contributed by atoms with Crippen molar-refractivity contribution >= 4 is 22.7 Å². The summed E-state index contributed by atoms with van der Waals surface area (Å²) in [4.78, 5) is 31.6. The predicted molar refractivity (Wildman–Crippen MR) is 136 cm³/mol. The maximum atomic E-state index is 13.1. The number of amides is 1. The van der Waals surface area contributed by atoms with Gasteiger partial charge in [0.05, 0.1) is 17.7 Å². The molecule has 41 heavy (non-hydrogen) atoms. The highest BCUT2D eigenvalue weighted by Crippen LogP contribution is 2.36. The monoisotopic (exact) mass is 582 g/mol. The molecule has 2 fully saturated rings. The largest absolute Gasteiger partial charge is 0.416 e. The summed E-state index contributed by atoms with van der Waals surface area (Å²) in [6, 6.07) is 6.76. The SMILES string of the molecule is O=C(Cc1cc(C(F)(F)F)cc(C(F)(F)F)c1)CN1CCN(C2CCN(C(=O)c3ccc4n[nH]nc4c3)CC2)CC1. The third-order valence-electron chi connectivity index (χ3n) is 7.69. The van der Waals surface area contributed by atoms with E-state index < -0.39 is 35.7 Å². The molecule has 1 N–H and O–H groups in total. The van der Waals surface area contributed by atoms with Gasteiger partial charge in [-0.05, 0) is 54.8 Å². The maximum absolute atomic E-state index is 13.1. The van der Waals surface area contributed by atoms with Crippen molar-refractivity contribution < 1.29 is 35.9 Å². The lowest BCUT2D eigenvalue weighted by atomic mass is 10.00. The molecule has 8 nitrogen and oxygen atoms in total. The second kappa shape index (κ2) is 11.4. The van der Waals surface area contributed by atoms with Crippen LogP contribution in [0.25, 0.3) is 11.0 Å². The van der Waals surface area contributed by atoms with Gasteiger partial charge in [0.15, 0.2) is 5.78 Å². The lowest BCUT2D eigenvalue weighted by molar-refractivity contribution is -0.143. The highest BCUT2D eigenvalue weighted by molar-refractivity contribution is 5.97. The molecular weight excluding hydrogens is 554 g/mol. The Hall–Kier alpha value is -3.52. The number of hydrogen-bond donors (Lipinski definition) is 1. The van der Waals surface area contributed by atoms with E-state index in [9.17, 15) is 35.9 Å². The van der Waals surface area contributed by atoms with E-state index >= 15 is 0 Å². The summed E-state index contributed by atoms with van der Waals surface area (Å²) in [5.41, 5.74) is -1.28. The molecule has 5 rings (SSSR count). The second-order valence-electron chi connectivity index (χ2n) is 10.5. The fourth-order valence-electron chi connectivity index (χ4n) is 5.53. The third kappa shape index (κ3) is 6.87. The Balaban J connectivity index is 1.09. The van der Waals surface area contributed by atoms with Gasteiger partial charge >= 0.3 is 12.4 Å². The number of nitrogens with one attached hydrogen (secondary N) is 1. The van der Waals surface area contributed by atoms with Gasteiger partial charge in [-0.15, -0.1) is 0 Å². The number of aromatic amines is 1. The minimum absolute atomic E-state index is 0.0474. The summed E-state index contributed by atoms with van der Waals surface area (Å²) in [7, 11) is 0. The molecule has 0 saturated carbocycles. The van der Waals surface area contributed by atoms with Crippen LogP contribution in [0.4, 0.5) is 26.3 Å². The van der Waals surface area contributed by atoms with Crippen molar-refractivity contribution in [3.05, 3.63) is 58.7 Å². The van der Waals surface area contributed by atoms with Crippen LogP contribution in [0.5, 0.6) is 0 Å². The molecular formula is C27H28F6N6O2. The zero-order valence-corrected chi connectivity index (χ0v) is 21.9. The summed E-state index contributed by atoms with van der Waals surface area (Å²) in [5.74, 6) is -0.499. The topological polar surface area (TPSA) is 85.4 Å². The Labute approximate surface area is 231 Å². The van der Waals surface area contributed by atoms with Crippen molar-refractivity contribution in [2.75, 3.05) is 45.8 Å². The summed E-state index contributed by atoms with van der Waals surface area (Å²) >= 11 is 0. The summed E-state index contributed by atoms with van der Waals surface area (Å²) in [6.45, 7) is 3.63. The smallest absolute Gasteiger partial charge is 0.339 e. The van der Waals surface area contributed by atoms with E-state index in [1.807, 2.05) is 9.80 Å². The molecule has 3 aromatic rings. The number of nitrogens with zero attached hydrogens (tertiary/aromatic N) is 5. The third-order valence-corrected chi connectivity index (χ3v) is 7.69. The fourth-order valence-corrected chi connectivity index (χ4v) is 5.53. The second-order valence-corrected chi connectivity index (χ2v) is 10.5.